The van der Waals surface area contributed by atoms with Crippen molar-refractivity contribution in [3.63, 3.8) is 0 Å². The monoisotopic (exact) mass is 320 g/mol. The molecule has 0 amide bonds. The fourth-order valence-electron chi connectivity index (χ4n) is 3.20. The molecule has 0 radical (unpaired) electrons. The van der Waals surface area contributed by atoms with E-state index in [-0.39, 0.29) is 0 Å². The van der Waals surface area contributed by atoms with Crippen molar-refractivity contribution in [2.24, 2.45) is 0 Å². The Morgan fingerprint density at radius 1 is 1.04 bits per heavy atom. The first-order valence-corrected chi connectivity index (χ1v) is 8.34. The zero-order valence-corrected chi connectivity index (χ0v) is 13.5. The third kappa shape index (κ3) is 3.51. The number of hydrogen-bond acceptors (Lipinski definition) is 5. The van der Waals surface area contributed by atoms with Gasteiger partial charge in [0.05, 0.1) is 12.3 Å². The van der Waals surface area contributed by atoms with Crippen LogP contribution in [0.3, 0.4) is 0 Å². The predicted octanol–water partition coefficient (Wildman–Crippen LogP) is 3.04. The Hall–Kier alpha value is -2.53. The molecule has 1 atom stereocenters. The summed E-state index contributed by atoms with van der Waals surface area (Å²) in [5.74, 6) is 1.80. The van der Waals surface area contributed by atoms with Crippen molar-refractivity contribution in [3.8, 4) is 0 Å². The molecular formula is C19H20N4O. The molecule has 1 aliphatic heterocycles. The summed E-state index contributed by atoms with van der Waals surface area (Å²) in [6.45, 7) is 2.94. The summed E-state index contributed by atoms with van der Waals surface area (Å²) < 4.78 is 5.91. The molecule has 122 valence electrons. The van der Waals surface area contributed by atoms with Crippen LogP contribution in [0, 0.1) is 0 Å². The molecule has 1 aliphatic rings. The van der Waals surface area contributed by atoms with Crippen LogP contribution >= 0.6 is 0 Å². The van der Waals surface area contributed by atoms with Crippen LogP contribution in [0.25, 0.3) is 0 Å². The van der Waals surface area contributed by atoms with Crippen LogP contribution in [-0.2, 0) is 13.0 Å². The summed E-state index contributed by atoms with van der Waals surface area (Å²) >= 11 is 0. The second-order valence-electron chi connectivity index (χ2n) is 6.28. The van der Waals surface area contributed by atoms with Crippen LogP contribution in [0.5, 0.6) is 0 Å². The zero-order chi connectivity index (χ0) is 16.2. The van der Waals surface area contributed by atoms with E-state index in [2.05, 4.69) is 38.3 Å². The molecule has 5 heteroatoms. The van der Waals surface area contributed by atoms with Gasteiger partial charge in [0.2, 0.25) is 11.8 Å². The van der Waals surface area contributed by atoms with E-state index in [0.717, 1.165) is 31.9 Å². The van der Waals surface area contributed by atoms with Gasteiger partial charge in [-0.3, -0.25) is 9.88 Å². The molecule has 0 N–H and O–H groups in total. The minimum absolute atomic E-state index is 0.332. The third-order valence-electron chi connectivity index (χ3n) is 4.43. The zero-order valence-electron chi connectivity index (χ0n) is 13.5. The quantitative estimate of drug-likeness (QED) is 0.723. The second kappa shape index (κ2) is 6.93. The lowest BCUT2D eigenvalue weighted by Gasteiger charge is -2.14. The highest BCUT2D eigenvalue weighted by Gasteiger charge is 2.28. The van der Waals surface area contributed by atoms with Gasteiger partial charge in [0.25, 0.3) is 0 Å². The molecule has 0 unspecified atom stereocenters. The first kappa shape index (κ1) is 15.0. The average molecular weight is 320 g/mol. The standard InChI is InChI=1S/C19H20N4O/c1-2-5-15(6-3-1)11-18-21-22-19(24-18)17-8-10-23(14-17)13-16-7-4-9-20-12-16/h1-7,9,12,17H,8,10-11,13-14H2/t17-/m0/s1. The maximum atomic E-state index is 5.91. The topological polar surface area (TPSA) is 55.1 Å². The van der Waals surface area contributed by atoms with E-state index in [1.807, 2.05) is 36.7 Å². The van der Waals surface area contributed by atoms with E-state index in [1.165, 1.54) is 11.1 Å². The third-order valence-corrected chi connectivity index (χ3v) is 4.43. The molecule has 1 aromatic carbocycles. The lowest BCUT2D eigenvalue weighted by Crippen LogP contribution is -2.19. The Morgan fingerprint density at radius 3 is 2.75 bits per heavy atom. The number of likely N-dealkylation sites (tertiary alicyclic amines) is 1. The molecule has 0 bridgehead atoms. The lowest BCUT2D eigenvalue weighted by molar-refractivity contribution is 0.318. The van der Waals surface area contributed by atoms with Crippen molar-refractivity contribution in [3.05, 3.63) is 77.8 Å². The van der Waals surface area contributed by atoms with Crippen molar-refractivity contribution in [1.29, 1.82) is 0 Å². The van der Waals surface area contributed by atoms with Crippen LogP contribution < -0.4 is 0 Å². The summed E-state index contributed by atoms with van der Waals surface area (Å²) in [4.78, 5) is 6.60. The molecule has 0 aliphatic carbocycles. The molecule has 0 spiro atoms. The highest BCUT2D eigenvalue weighted by Crippen LogP contribution is 2.27. The van der Waals surface area contributed by atoms with Gasteiger partial charge in [0.1, 0.15) is 0 Å². The number of hydrogen-bond donors (Lipinski definition) is 0. The van der Waals surface area contributed by atoms with Gasteiger partial charge >= 0.3 is 0 Å². The highest BCUT2D eigenvalue weighted by atomic mass is 16.4. The van der Waals surface area contributed by atoms with Gasteiger partial charge in [0.15, 0.2) is 0 Å². The molecule has 3 heterocycles. The van der Waals surface area contributed by atoms with Gasteiger partial charge in [-0.15, -0.1) is 10.2 Å². The van der Waals surface area contributed by atoms with Crippen molar-refractivity contribution in [2.45, 2.75) is 25.3 Å². The Bertz CT molecular complexity index is 772. The SMILES string of the molecule is c1ccc(Cc2nnc([C@H]3CCN(Cc4cccnc4)C3)o2)cc1. The van der Waals surface area contributed by atoms with Crippen LogP contribution in [-0.4, -0.2) is 33.2 Å². The Balaban J connectivity index is 1.37. The molecule has 24 heavy (non-hydrogen) atoms. The minimum Gasteiger partial charge on any atom is -0.425 e. The lowest BCUT2D eigenvalue weighted by atomic mass is 10.1. The molecular weight excluding hydrogens is 300 g/mol. The van der Waals surface area contributed by atoms with Crippen molar-refractivity contribution in [1.82, 2.24) is 20.1 Å². The van der Waals surface area contributed by atoms with E-state index in [4.69, 9.17) is 4.42 Å². The first-order valence-electron chi connectivity index (χ1n) is 8.34. The van der Waals surface area contributed by atoms with Crippen LogP contribution in [0.15, 0.2) is 59.3 Å². The van der Waals surface area contributed by atoms with Crippen LogP contribution in [0.2, 0.25) is 0 Å². The summed E-state index contributed by atoms with van der Waals surface area (Å²) in [5.41, 5.74) is 2.44. The average Bonchev–Trinajstić information content (AvgIpc) is 3.26. The maximum absolute atomic E-state index is 5.91. The smallest absolute Gasteiger partial charge is 0.220 e. The van der Waals surface area contributed by atoms with Gasteiger partial charge in [-0.05, 0) is 30.2 Å². The second-order valence-corrected chi connectivity index (χ2v) is 6.28. The number of pyridine rings is 1. The fraction of sp³-hybridized carbons (Fsp3) is 0.316. The van der Waals surface area contributed by atoms with E-state index in [9.17, 15) is 0 Å². The van der Waals surface area contributed by atoms with Crippen molar-refractivity contribution < 1.29 is 4.42 Å². The minimum atomic E-state index is 0.332. The maximum Gasteiger partial charge on any atom is 0.220 e. The fourth-order valence-corrected chi connectivity index (χ4v) is 3.20. The molecule has 1 fully saturated rings. The van der Waals surface area contributed by atoms with Gasteiger partial charge in [-0.25, -0.2) is 0 Å². The molecule has 2 aromatic heterocycles. The molecule has 3 aromatic rings. The normalized spacial score (nSPS) is 18.1. The largest absolute Gasteiger partial charge is 0.425 e. The van der Waals surface area contributed by atoms with Gasteiger partial charge in [-0.2, -0.15) is 0 Å². The number of benzene rings is 1. The van der Waals surface area contributed by atoms with Crippen LogP contribution in [0.4, 0.5) is 0 Å². The van der Waals surface area contributed by atoms with Crippen LogP contribution in [0.1, 0.15) is 35.2 Å². The van der Waals surface area contributed by atoms with Crippen molar-refractivity contribution in [2.75, 3.05) is 13.1 Å². The van der Waals surface area contributed by atoms with Gasteiger partial charge in [-0.1, -0.05) is 36.4 Å². The van der Waals surface area contributed by atoms with E-state index < -0.39 is 0 Å². The summed E-state index contributed by atoms with van der Waals surface area (Å²) in [5, 5.41) is 8.50. The van der Waals surface area contributed by atoms with E-state index in [1.54, 1.807) is 0 Å². The number of aromatic nitrogens is 3. The molecule has 1 saturated heterocycles. The highest BCUT2D eigenvalue weighted by molar-refractivity contribution is 5.18. The summed E-state index contributed by atoms with van der Waals surface area (Å²) in [7, 11) is 0. The molecule has 5 nitrogen and oxygen atoms in total. The first-order chi connectivity index (χ1) is 11.9. The predicted molar refractivity (Wildman–Crippen MR) is 90.4 cm³/mol. The van der Waals surface area contributed by atoms with Crippen molar-refractivity contribution >= 4 is 0 Å². The van der Waals surface area contributed by atoms with Gasteiger partial charge in [0, 0.05) is 25.5 Å². The Kier molecular flexibility index (Phi) is 4.34. The van der Waals surface area contributed by atoms with Gasteiger partial charge < -0.3 is 4.42 Å². The number of rotatable bonds is 5. The van der Waals surface area contributed by atoms with E-state index >= 15 is 0 Å². The van der Waals surface area contributed by atoms with E-state index in [0.29, 0.717) is 18.2 Å². The Labute approximate surface area is 141 Å². The summed E-state index contributed by atoms with van der Waals surface area (Å²) in [6, 6.07) is 14.3. The summed E-state index contributed by atoms with van der Waals surface area (Å²) in [6.07, 6.45) is 5.49. The Morgan fingerprint density at radius 2 is 1.92 bits per heavy atom. The molecule has 4 rings (SSSR count). The number of nitrogens with zero attached hydrogens (tertiary/aromatic N) is 4. The molecule has 0 saturated carbocycles.